The molecule has 1 amide bonds. The van der Waals surface area contributed by atoms with Crippen molar-refractivity contribution < 1.29 is 19.0 Å². The summed E-state index contributed by atoms with van der Waals surface area (Å²) in [6.07, 6.45) is 8.13. The second-order valence-corrected chi connectivity index (χ2v) is 10.1. The first-order chi connectivity index (χ1) is 17.7. The third-order valence-corrected chi connectivity index (χ3v) is 7.47. The van der Waals surface area contributed by atoms with Crippen molar-refractivity contribution in [2.45, 2.75) is 70.4 Å². The summed E-state index contributed by atoms with van der Waals surface area (Å²) < 4.78 is 17.6. The molecule has 0 bridgehead atoms. The third kappa shape index (κ3) is 6.20. The van der Waals surface area contributed by atoms with Crippen LogP contribution in [0.2, 0.25) is 0 Å². The van der Waals surface area contributed by atoms with Gasteiger partial charge < -0.3 is 24.8 Å². The van der Waals surface area contributed by atoms with Gasteiger partial charge in [0.25, 0.3) is 5.91 Å². The molecule has 3 aliphatic heterocycles. The van der Waals surface area contributed by atoms with Crippen LogP contribution in [0.15, 0.2) is 42.5 Å². The van der Waals surface area contributed by atoms with Gasteiger partial charge in [-0.2, -0.15) is 0 Å². The number of fused-ring (bicyclic) bond motifs is 2. The largest absolute Gasteiger partial charge is 0.486 e. The lowest BCUT2D eigenvalue weighted by molar-refractivity contribution is -0.0813. The Bertz CT molecular complexity index is 1030. The number of hydrogen-bond donors (Lipinski definition) is 1. The summed E-state index contributed by atoms with van der Waals surface area (Å²) in [6.45, 7) is 4.88. The van der Waals surface area contributed by atoms with E-state index in [-0.39, 0.29) is 18.4 Å². The molecule has 1 saturated heterocycles. The summed E-state index contributed by atoms with van der Waals surface area (Å²) >= 11 is 0. The molecule has 2 aromatic rings. The second-order valence-electron chi connectivity index (χ2n) is 10.1. The van der Waals surface area contributed by atoms with Gasteiger partial charge in [0.05, 0.1) is 0 Å². The first-order valence-corrected chi connectivity index (χ1v) is 13.6. The molecule has 0 aromatic heterocycles. The van der Waals surface area contributed by atoms with Crippen LogP contribution in [0, 0.1) is 0 Å². The smallest absolute Gasteiger partial charge is 0.254 e. The van der Waals surface area contributed by atoms with E-state index in [0.29, 0.717) is 13.2 Å². The molecule has 2 N–H and O–H groups in total. The number of unbranched alkanes of at least 4 members (excludes halogenated alkanes) is 2. The zero-order chi connectivity index (χ0) is 24.7. The molecule has 194 valence electrons. The maximum atomic E-state index is 12.5. The molecular weight excluding hydrogens is 454 g/mol. The van der Waals surface area contributed by atoms with Crippen LogP contribution in [0.25, 0.3) is 0 Å². The van der Waals surface area contributed by atoms with Crippen molar-refractivity contribution in [2.24, 2.45) is 5.73 Å². The zero-order valence-corrected chi connectivity index (χ0v) is 21.2. The van der Waals surface area contributed by atoms with E-state index in [2.05, 4.69) is 17.0 Å². The quantitative estimate of drug-likeness (QED) is 0.350. The summed E-state index contributed by atoms with van der Waals surface area (Å²) in [7, 11) is 0. The van der Waals surface area contributed by atoms with Crippen LogP contribution in [0.4, 0.5) is 0 Å². The Morgan fingerprint density at radius 1 is 1.00 bits per heavy atom. The summed E-state index contributed by atoms with van der Waals surface area (Å²) in [5.41, 5.74) is 9.63. The van der Waals surface area contributed by atoms with E-state index in [1.807, 2.05) is 35.2 Å². The fraction of sp³-hybridized carbons (Fsp3) is 0.552. The number of carbonyl (C=O) groups is 1. The number of nitrogens with two attached hydrogens (primary N) is 1. The number of ether oxygens (including phenoxy) is 3. The topological polar surface area (TPSA) is 77.3 Å². The fourth-order valence-corrected chi connectivity index (χ4v) is 5.52. The summed E-state index contributed by atoms with van der Waals surface area (Å²) in [6, 6.07) is 14.2. The Morgan fingerprint density at radius 2 is 1.86 bits per heavy atom. The van der Waals surface area contributed by atoms with Crippen LogP contribution in [-0.4, -0.2) is 61.0 Å². The Kier molecular flexibility index (Phi) is 8.41. The molecule has 3 aliphatic rings. The number of hydrogen-bond acceptors (Lipinski definition) is 6. The Hall–Kier alpha value is -2.61. The molecule has 0 aliphatic carbocycles. The van der Waals surface area contributed by atoms with E-state index in [0.717, 1.165) is 100 Å². The molecule has 2 aromatic carbocycles. The maximum absolute atomic E-state index is 12.5. The van der Waals surface area contributed by atoms with E-state index in [1.54, 1.807) is 0 Å². The van der Waals surface area contributed by atoms with Crippen molar-refractivity contribution in [3.05, 3.63) is 59.2 Å². The van der Waals surface area contributed by atoms with Crippen molar-refractivity contribution in [3.8, 4) is 11.5 Å². The highest BCUT2D eigenvalue weighted by Gasteiger charge is 2.27. The molecule has 1 fully saturated rings. The molecule has 0 saturated carbocycles. The Balaban J connectivity index is 0.964. The van der Waals surface area contributed by atoms with Crippen LogP contribution in [0.1, 0.15) is 66.4 Å². The molecule has 3 heterocycles. The number of carbonyl (C=O) groups excluding carboxylic acids is 1. The summed E-state index contributed by atoms with van der Waals surface area (Å²) in [5, 5.41) is 0. The van der Waals surface area contributed by atoms with Crippen LogP contribution < -0.4 is 15.2 Å². The molecule has 7 nitrogen and oxygen atoms in total. The van der Waals surface area contributed by atoms with Gasteiger partial charge in [-0.1, -0.05) is 30.7 Å². The summed E-state index contributed by atoms with van der Waals surface area (Å²) in [4.78, 5) is 16.9. The number of aryl methyl sites for hydroxylation is 1. The number of benzene rings is 2. The average Bonchev–Trinajstić information content (AvgIpc) is 3.47. The van der Waals surface area contributed by atoms with Gasteiger partial charge in [0.1, 0.15) is 25.7 Å². The lowest BCUT2D eigenvalue weighted by Gasteiger charge is -2.27. The molecule has 5 rings (SSSR count). The predicted molar refractivity (Wildman–Crippen MR) is 139 cm³/mol. The van der Waals surface area contributed by atoms with Gasteiger partial charge >= 0.3 is 0 Å². The number of amides is 1. The lowest BCUT2D eigenvalue weighted by Crippen LogP contribution is -2.38. The highest BCUT2D eigenvalue weighted by Crippen LogP contribution is 2.31. The van der Waals surface area contributed by atoms with Gasteiger partial charge in [-0.05, 0) is 74.3 Å². The molecule has 0 radical (unpaired) electrons. The van der Waals surface area contributed by atoms with Crippen LogP contribution in [0.3, 0.4) is 0 Å². The number of nitrogens with zero attached hydrogens (tertiary/aromatic N) is 2. The number of likely N-dealkylation sites (tertiary alicyclic amines) is 1. The predicted octanol–water partition coefficient (Wildman–Crippen LogP) is 4.33. The van der Waals surface area contributed by atoms with Gasteiger partial charge in [0, 0.05) is 31.7 Å². The van der Waals surface area contributed by atoms with Crippen LogP contribution in [-0.2, 0) is 17.7 Å². The van der Waals surface area contributed by atoms with Crippen molar-refractivity contribution in [1.82, 2.24) is 9.80 Å². The molecule has 7 heteroatoms. The molecule has 0 spiro atoms. The number of rotatable bonds is 12. The maximum Gasteiger partial charge on any atom is 0.254 e. The van der Waals surface area contributed by atoms with Crippen molar-refractivity contribution in [1.29, 1.82) is 0 Å². The normalized spacial score (nSPS) is 20.1. The zero-order valence-electron chi connectivity index (χ0n) is 21.2. The van der Waals surface area contributed by atoms with E-state index < -0.39 is 0 Å². The van der Waals surface area contributed by atoms with Gasteiger partial charge in [-0.15, -0.1) is 0 Å². The minimum Gasteiger partial charge on any atom is -0.486 e. The molecule has 36 heavy (non-hydrogen) atoms. The summed E-state index contributed by atoms with van der Waals surface area (Å²) in [5.74, 6) is 1.88. The average molecular weight is 494 g/mol. The highest BCUT2D eigenvalue weighted by atomic mass is 16.6. The van der Waals surface area contributed by atoms with Gasteiger partial charge in [-0.3, -0.25) is 9.69 Å². The Morgan fingerprint density at radius 3 is 2.75 bits per heavy atom. The monoisotopic (exact) mass is 493 g/mol. The second kappa shape index (κ2) is 12.1. The van der Waals surface area contributed by atoms with Crippen LogP contribution >= 0.6 is 0 Å². The van der Waals surface area contributed by atoms with Gasteiger partial charge in [-0.25, -0.2) is 0 Å². The molecular formula is C29H39N3O4. The van der Waals surface area contributed by atoms with Crippen molar-refractivity contribution >= 4 is 5.91 Å². The molecule has 2 unspecified atom stereocenters. The van der Waals surface area contributed by atoms with Crippen molar-refractivity contribution in [3.63, 3.8) is 0 Å². The molecule has 2 atom stereocenters. The van der Waals surface area contributed by atoms with E-state index >= 15 is 0 Å². The first kappa shape index (κ1) is 25.1. The standard InChI is InChI=1S/C29H39N3O4/c30-27(11-2-1-5-15-32-21-23-9-3-4-10-24(23)29(32)33)36-28-12-7-17-31(28)16-6-8-22-13-14-25-26(20-22)35-19-18-34-25/h3-4,9-10,13-14,20,27-28H,1-2,5-8,11-12,15-19,21,30H2. The van der Waals surface area contributed by atoms with Gasteiger partial charge in [0.2, 0.25) is 0 Å². The van der Waals surface area contributed by atoms with E-state index in [4.69, 9.17) is 19.9 Å². The van der Waals surface area contributed by atoms with Crippen LogP contribution in [0.5, 0.6) is 11.5 Å². The first-order valence-electron chi connectivity index (χ1n) is 13.6. The minimum atomic E-state index is -0.230. The van der Waals surface area contributed by atoms with E-state index in [1.165, 1.54) is 5.56 Å². The SMILES string of the molecule is NC(CCCCCN1Cc2ccccc2C1=O)OC1CCCN1CCCc1ccc2c(c1)OCCO2. The van der Waals surface area contributed by atoms with Crippen molar-refractivity contribution in [2.75, 3.05) is 32.8 Å². The Labute approximate surface area is 214 Å². The highest BCUT2D eigenvalue weighted by molar-refractivity contribution is 5.98. The third-order valence-electron chi connectivity index (χ3n) is 7.47. The van der Waals surface area contributed by atoms with Gasteiger partial charge in [0.15, 0.2) is 11.5 Å². The minimum absolute atomic E-state index is 0.126. The lowest BCUT2D eigenvalue weighted by atomic mass is 10.1. The fourth-order valence-electron chi connectivity index (χ4n) is 5.52. The van der Waals surface area contributed by atoms with E-state index in [9.17, 15) is 4.79 Å².